The second kappa shape index (κ2) is 6.80. The summed E-state index contributed by atoms with van der Waals surface area (Å²) in [4.78, 5) is 18.8. The summed E-state index contributed by atoms with van der Waals surface area (Å²) in [5, 5.41) is 3.73. The molecule has 0 radical (unpaired) electrons. The highest BCUT2D eigenvalue weighted by Gasteiger charge is 2.16. The summed E-state index contributed by atoms with van der Waals surface area (Å²) in [6.45, 7) is 1.63. The maximum atomic E-state index is 13.4. The number of aromatic nitrogens is 1. The lowest BCUT2D eigenvalue weighted by Gasteiger charge is -2.26. The number of urea groups is 1. The van der Waals surface area contributed by atoms with Gasteiger partial charge in [0.25, 0.3) is 0 Å². The molecule has 2 aromatic carbocycles. The summed E-state index contributed by atoms with van der Waals surface area (Å²) >= 11 is 1.51. The first-order chi connectivity index (χ1) is 12.2. The molecule has 2 heterocycles. The van der Waals surface area contributed by atoms with Crippen molar-refractivity contribution < 1.29 is 9.18 Å². The summed E-state index contributed by atoms with van der Waals surface area (Å²) in [7, 11) is 0. The van der Waals surface area contributed by atoms with E-state index >= 15 is 0 Å². The van der Waals surface area contributed by atoms with Crippen LogP contribution in [0.2, 0.25) is 0 Å². The van der Waals surface area contributed by atoms with Gasteiger partial charge in [-0.05, 0) is 49.6 Å². The summed E-state index contributed by atoms with van der Waals surface area (Å²) in [5.74, 6) is -0.272. The van der Waals surface area contributed by atoms with Crippen molar-refractivity contribution in [2.75, 3.05) is 18.4 Å². The third-order valence-electron chi connectivity index (χ3n) is 4.35. The van der Waals surface area contributed by atoms with Crippen molar-refractivity contribution in [1.29, 1.82) is 0 Å². The van der Waals surface area contributed by atoms with Crippen LogP contribution in [-0.4, -0.2) is 29.0 Å². The number of amides is 2. The maximum absolute atomic E-state index is 13.4. The second-order valence-electron chi connectivity index (χ2n) is 6.19. The van der Waals surface area contributed by atoms with Crippen LogP contribution in [0.1, 0.15) is 19.3 Å². The number of benzene rings is 2. The van der Waals surface area contributed by atoms with Gasteiger partial charge in [0.05, 0.1) is 10.2 Å². The number of thiazole rings is 1. The van der Waals surface area contributed by atoms with E-state index in [1.165, 1.54) is 29.9 Å². The Morgan fingerprint density at radius 1 is 1.12 bits per heavy atom. The SMILES string of the molecule is O=C(Nc1ccc2sc(-c3cccc(F)c3)nc2c1)N1CCCCC1. The Bertz CT molecular complexity index is 918. The zero-order chi connectivity index (χ0) is 17.2. The highest BCUT2D eigenvalue weighted by atomic mass is 32.1. The number of piperidine rings is 1. The molecule has 1 aliphatic rings. The van der Waals surface area contributed by atoms with Crippen LogP contribution in [0.15, 0.2) is 42.5 Å². The average Bonchev–Trinajstić information content (AvgIpc) is 3.06. The van der Waals surface area contributed by atoms with Gasteiger partial charge in [0.1, 0.15) is 10.8 Å². The van der Waals surface area contributed by atoms with E-state index < -0.39 is 0 Å². The van der Waals surface area contributed by atoms with Gasteiger partial charge in [-0.2, -0.15) is 0 Å². The van der Waals surface area contributed by atoms with Gasteiger partial charge in [0, 0.05) is 24.3 Å². The Labute approximate surface area is 149 Å². The van der Waals surface area contributed by atoms with Crippen molar-refractivity contribution in [2.24, 2.45) is 0 Å². The van der Waals surface area contributed by atoms with E-state index in [9.17, 15) is 9.18 Å². The molecule has 2 amide bonds. The minimum Gasteiger partial charge on any atom is -0.325 e. The molecule has 128 valence electrons. The number of nitrogens with one attached hydrogen (secondary N) is 1. The van der Waals surface area contributed by atoms with Crippen LogP contribution in [0.4, 0.5) is 14.9 Å². The number of hydrogen-bond acceptors (Lipinski definition) is 3. The fraction of sp³-hybridized carbons (Fsp3) is 0.263. The van der Waals surface area contributed by atoms with Crippen LogP contribution in [0.25, 0.3) is 20.8 Å². The Hall–Kier alpha value is -2.47. The number of halogens is 1. The predicted octanol–water partition coefficient (Wildman–Crippen LogP) is 5.12. The zero-order valence-electron chi connectivity index (χ0n) is 13.7. The Morgan fingerprint density at radius 3 is 2.76 bits per heavy atom. The normalized spacial score (nSPS) is 14.7. The molecule has 0 unspecified atom stereocenters. The Kier molecular flexibility index (Phi) is 4.36. The van der Waals surface area contributed by atoms with Gasteiger partial charge >= 0.3 is 6.03 Å². The standard InChI is InChI=1S/C19H18FN3OS/c20-14-6-4-5-13(11-14)18-22-16-12-15(7-8-17(16)25-18)21-19(24)23-9-2-1-3-10-23/h4-8,11-12H,1-3,9-10H2,(H,21,24). The van der Waals surface area contributed by atoms with Gasteiger partial charge in [-0.25, -0.2) is 14.2 Å². The van der Waals surface area contributed by atoms with E-state index in [4.69, 9.17) is 0 Å². The number of carbonyl (C=O) groups is 1. The highest BCUT2D eigenvalue weighted by Crippen LogP contribution is 2.31. The molecule has 0 spiro atoms. The summed E-state index contributed by atoms with van der Waals surface area (Å²) in [6.07, 6.45) is 3.32. The van der Waals surface area contributed by atoms with Crippen LogP contribution in [0, 0.1) is 5.82 Å². The summed E-state index contributed by atoms with van der Waals surface area (Å²) in [6, 6.07) is 12.1. The van der Waals surface area contributed by atoms with Crippen molar-refractivity contribution in [2.45, 2.75) is 19.3 Å². The molecule has 4 nitrogen and oxygen atoms in total. The monoisotopic (exact) mass is 355 g/mol. The lowest BCUT2D eigenvalue weighted by molar-refractivity contribution is 0.200. The Balaban J connectivity index is 1.56. The fourth-order valence-electron chi connectivity index (χ4n) is 3.05. The van der Waals surface area contributed by atoms with Crippen LogP contribution >= 0.6 is 11.3 Å². The topological polar surface area (TPSA) is 45.2 Å². The van der Waals surface area contributed by atoms with E-state index in [2.05, 4.69) is 10.3 Å². The number of fused-ring (bicyclic) bond motifs is 1. The molecule has 1 aromatic heterocycles. The van der Waals surface area contributed by atoms with Gasteiger partial charge in [0.2, 0.25) is 0 Å². The molecule has 6 heteroatoms. The lowest BCUT2D eigenvalue weighted by atomic mass is 10.1. The highest BCUT2D eigenvalue weighted by molar-refractivity contribution is 7.21. The molecule has 3 aromatic rings. The van der Waals surface area contributed by atoms with E-state index in [-0.39, 0.29) is 11.8 Å². The number of anilines is 1. The number of carbonyl (C=O) groups excluding carboxylic acids is 1. The van der Waals surface area contributed by atoms with E-state index in [1.807, 2.05) is 29.2 Å². The van der Waals surface area contributed by atoms with Crippen molar-refractivity contribution in [3.63, 3.8) is 0 Å². The van der Waals surface area contributed by atoms with E-state index in [0.717, 1.165) is 52.4 Å². The smallest absolute Gasteiger partial charge is 0.321 e. The van der Waals surface area contributed by atoms with Crippen molar-refractivity contribution >= 4 is 33.3 Å². The third-order valence-corrected chi connectivity index (χ3v) is 5.44. The molecule has 4 rings (SSSR count). The first-order valence-corrected chi connectivity index (χ1v) is 9.23. The number of rotatable bonds is 2. The molecule has 0 atom stereocenters. The number of nitrogens with zero attached hydrogens (tertiary/aromatic N) is 2. The molecule has 0 bridgehead atoms. The molecule has 1 aliphatic heterocycles. The first-order valence-electron chi connectivity index (χ1n) is 8.41. The predicted molar refractivity (Wildman–Crippen MR) is 99.5 cm³/mol. The average molecular weight is 355 g/mol. The van der Waals surface area contributed by atoms with Gasteiger partial charge in [-0.15, -0.1) is 11.3 Å². The maximum Gasteiger partial charge on any atom is 0.321 e. The molecule has 0 saturated carbocycles. The largest absolute Gasteiger partial charge is 0.325 e. The van der Waals surface area contributed by atoms with Crippen molar-refractivity contribution in [3.05, 3.63) is 48.3 Å². The van der Waals surface area contributed by atoms with E-state index in [1.54, 1.807) is 6.07 Å². The quantitative estimate of drug-likeness (QED) is 0.693. The van der Waals surface area contributed by atoms with E-state index in [0.29, 0.717) is 0 Å². The van der Waals surface area contributed by atoms with Gasteiger partial charge in [-0.1, -0.05) is 12.1 Å². The van der Waals surface area contributed by atoms with Crippen LogP contribution in [0.5, 0.6) is 0 Å². The molecule has 1 fully saturated rings. The second-order valence-corrected chi connectivity index (χ2v) is 7.22. The summed E-state index contributed by atoms with van der Waals surface area (Å²) in [5.41, 5.74) is 2.31. The Morgan fingerprint density at radius 2 is 1.96 bits per heavy atom. The van der Waals surface area contributed by atoms with Gasteiger partial charge in [-0.3, -0.25) is 0 Å². The molecular formula is C19H18FN3OS. The number of hydrogen-bond donors (Lipinski definition) is 1. The van der Waals surface area contributed by atoms with Crippen LogP contribution < -0.4 is 5.32 Å². The lowest BCUT2D eigenvalue weighted by Crippen LogP contribution is -2.38. The third kappa shape index (κ3) is 3.49. The van der Waals surface area contributed by atoms with Crippen LogP contribution in [-0.2, 0) is 0 Å². The minimum atomic E-state index is -0.272. The minimum absolute atomic E-state index is 0.0559. The molecule has 1 N–H and O–H groups in total. The summed E-state index contributed by atoms with van der Waals surface area (Å²) < 4.78 is 14.4. The molecule has 0 aliphatic carbocycles. The molecule has 1 saturated heterocycles. The zero-order valence-corrected chi connectivity index (χ0v) is 14.5. The molecular weight excluding hydrogens is 337 g/mol. The van der Waals surface area contributed by atoms with Crippen molar-refractivity contribution in [1.82, 2.24) is 9.88 Å². The van der Waals surface area contributed by atoms with Gasteiger partial charge < -0.3 is 10.2 Å². The van der Waals surface area contributed by atoms with Gasteiger partial charge in [0.15, 0.2) is 0 Å². The first kappa shape index (κ1) is 16.0. The molecule has 25 heavy (non-hydrogen) atoms. The fourth-order valence-corrected chi connectivity index (χ4v) is 3.99. The van der Waals surface area contributed by atoms with Crippen LogP contribution in [0.3, 0.4) is 0 Å². The van der Waals surface area contributed by atoms with Crippen molar-refractivity contribution in [3.8, 4) is 10.6 Å². The number of likely N-dealkylation sites (tertiary alicyclic amines) is 1.